The fourth-order valence-corrected chi connectivity index (χ4v) is 6.68. The number of pyridine rings is 1. The first-order valence-electron chi connectivity index (χ1n) is 17.4. The summed E-state index contributed by atoms with van der Waals surface area (Å²) < 4.78 is 19.9. The number of aromatic nitrogens is 1. The molecule has 10 heteroatoms. The second kappa shape index (κ2) is 17.2. The minimum absolute atomic E-state index is 0.184. The topological polar surface area (TPSA) is 140 Å². The van der Waals surface area contributed by atoms with Gasteiger partial charge in [-0.3, -0.25) is 4.98 Å². The van der Waals surface area contributed by atoms with Crippen LogP contribution in [0.1, 0.15) is 54.5 Å². The van der Waals surface area contributed by atoms with Crippen LogP contribution in [0, 0.1) is 23.7 Å². The standard InChI is InChI=1S/C40H50N4O6/c1-29-17-35(19-38(36(29)23-43-33(25-45)26-46)48-27-31-18-30(20-41)21-42-22-31)49-28-40(50-16-8-14-44-15-12-34(47)24-44)13-7-11-37(39(40,2)3)32-9-5-4-6-10-32/h4-7,9-11,13,17-19,21-22,33-34,43,45-47H,8,12,14-16,23-28H2,1-3H3/t34?,40-/m0/s1. The number of benzene rings is 2. The van der Waals surface area contributed by atoms with Gasteiger partial charge in [-0.2, -0.15) is 5.26 Å². The molecule has 3 aromatic rings. The van der Waals surface area contributed by atoms with Crippen molar-refractivity contribution >= 4 is 5.57 Å². The monoisotopic (exact) mass is 682 g/mol. The van der Waals surface area contributed by atoms with Crippen LogP contribution in [0.3, 0.4) is 0 Å². The molecule has 4 N–H and O–H groups in total. The highest BCUT2D eigenvalue weighted by Crippen LogP contribution is 2.49. The summed E-state index contributed by atoms with van der Waals surface area (Å²) in [6.45, 7) is 9.73. The molecule has 50 heavy (non-hydrogen) atoms. The minimum Gasteiger partial charge on any atom is -0.490 e. The molecule has 1 aromatic heterocycles. The molecule has 1 saturated heterocycles. The number of nitrogens with one attached hydrogen (secondary N) is 1. The van der Waals surface area contributed by atoms with Crippen molar-refractivity contribution in [2.75, 3.05) is 46.1 Å². The van der Waals surface area contributed by atoms with E-state index in [4.69, 9.17) is 14.2 Å². The van der Waals surface area contributed by atoms with Crippen LogP contribution in [-0.4, -0.2) is 89.0 Å². The minimum atomic E-state index is -0.800. The largest absolute Gasteiger partial charge is 0.490 e. The summed E-state index contributed by atoms with van der Waals surface area (Å²) in [4.78, 5) is 6.44. The molecule has 10 nitrogen and oxygen atoms in total. The molecule has 266 valence electrons. The molecule has 0 amide bonds. The Balaban J connectivity index is 1.40. The number of aliphatic hydroxyl groups excluding tert-OH is 3. The third-order valence-electron chi connectivity index (χ3n) is 9.86. The number of aliphatic hydroxyl groups is 3. The van der Waals surface area contributed by atoms with Crippen molar-refractivity contribution in [3.63, 3.8) is 0 Å². The zero-order chi connectivity index (χ0) is 35.6. The van der Waals surface area contributed by atoms with E-state index in [9.17, 15) is 20.6 Å². The van der Waals surface area contributed by atoms with Gasteiger partial charge in [-0.25, -0.2) is 0 Å². The van der Waals surface area contributed by atoms with Gasteiger partial charge in [-0.15, -0.1) is 0 Å². The van der Waals surface area contributed by atoms with E-state index in [-0.39, 0.29) is 32.5 Å². The molecule has 1 fully saturated rings. The normalized spacial score (nSPS) is 20.1. The maximum atomic E-state index is 9.98. The van der Waals surface area contributed by atoms with Crippen LogP contribution < -0.4 is 14.8 Å². The van der Waals surface area contributed by atoms with Crippen LogP contribution in [0.15, 0.2) is 79.2 Å². The average Bonchev–Trinajstić information content (AvgIpc) is 3.55. The van der Waals surface area contributed by atoms with Crippen molar-refractivity contribution in [1.29, 1.82) is 5.26 Å². The van der Waals surface area contributed by atoms with E-state index in [1.165, 1.54) is 6.20 Å². The summed E-state index contributed by atoms with van der Waals surface area (Å²) in [5.74, 6) is 1.19. The Morgan fingerprint density at radius 2 is 1.90 bits per heavy atom. The van der Waals surface area contributed by atoms with Crippen molar-refractivity contribution < 1.29 is 29.5 Å². The second-order valence-electron chi connectivity index (χ2n) is 13.7. The van der Waals surface area contributed by atoms with Gasteiger partial charge in [-0.05, 0) is 54.7 Å². The number of rotatable bonds is 17. The number of β-amino-alcohol motifs (C(OH)–C–C–N with tert-alkyl or cyclic N) is 1. The Bertz CT molecular complexity index is 1670. The lowest BCUT2D eigenvalue weighted by molar-refractivity contribution is -0.0927. The van der Waals surface area contributed by atoms with Crippen molar-refractivity contribution in [2.24, 2.45) is 5.41 Å². The lowest BCUT2D eigenvalue weighted by atomic mass is 9.65. The second-order valence-corrected chi connectivity index (χ2v) is 13.7. The molecule has 0 spiro atoms. The first-order valence-corrected chi connectivity index (χ1v) is 17.4. The Morgan fingerprint density at radius 1 is 1.10 bits per heavy atom. The summed E-state index contributed by atoms with van der Waals surface area (Å²) in [6.07, 6.45) is 10.9. The van der Waals surface area contributed by atoms with Gasteiger partial charge in [0.05, 0.1) is 30.9 Å². The van der Waals surface area contributed by atoms with Crippen LogP contribution in [0.4, 0.5) is 0 Å². The van der Waals surface area contributed by atoms with Crippen LogP contribution in [0.25, 0.3) is 5.57 Å². The van der Waals surface area contributed by atoms with E-state index in [1.54, 1.807) is 12.3 Å². The molecular formula is C40H50N4O6. The van der Waals surface area contributed by atoms with Crippen molar-refractivity contribution in [2.45, 2.75) is 64.5 Å². The summed E-state index contributed by atoms with van der Waals surface area (Å²) in [6, 6.07) is 17.6. The van der Waals surface area contributed by atoms with E-state index in [2.05, 4.69) is 65.5 Å². The third kappa shape index (κ3) is 8.98. The van der Waals surface area contributed by atoms with Gasteiger partial charge in [0, 0.05) is 67.8 Å². The first kappa shape index (κ1) is 37.2. The van der Waals surface area contributed by atoms with Gasteiger partial charge in [-0.1, -0.05) is 56.3 Å². The maximum absolute atomic E-state index is 9.98. The van der Waals surface area contributed by atoms with Gasteiger partial charge < -0.3 is 39.7 Å². The average molecular weight is 683 g/mol. The fraction of sp³-hybridized carbons (Fsp3) is 0.450. The van der Waals surface area contributed by atoms with Gasteiger partial charge in [0.2, 0.25) is 0 Å². The molecule has 2 aromatic carbocycles. The summed E-state index contributed by atoms with van der Waals surface area (Å²) >= 11 is 0. The van der Waals surface area contributed by atoms with E-state index in [0.717, 1.165) is 53.8 Å². The Labute approximate surface area is 295 Å². The lowest BCUT2D eigenvalue weighted by Crippen LogP contribution is -2.52. The highest BCUT2D eigenvalue weighted by atomic mass is 16.5. The number of hydrogen-bond donors (Lipinski definition) is 4. The molecule has 1 aliphatic heterocycles. The smallest absolute Gasteiger partial charge is 0.129 e. The van der Waals surface area contributed by atoms with Gasteiger partial charge in [0.25, 0.3) is 0 Å². The van der Waals surface area contributed by atoms with E-state index in [0.29, 0.717) is 36.8 Å². The highest BCUT2D eigenvalue weighted by Gasteiger charge is 2.49. The number of hydrogen-bond acceptors (Lipinski definition) is 10. The number of ether oxygens (including phenoxy) is 3. The molecule has 0 saturated carbocycles. The summed E-state index contributed by atoms with van der Waals surface area (Å²) in [5.41, 5.74) is 3.99. The van der Waals surface area contributed by atoms with E-state index < -0.39 is 17.1 Å². The molecular weight excluding hydrogens is 632 g/mol. The predicted octanol–water partition coefficient (Wildman–Crippen LogP) is 4.55. The summed E-state index contributed by atoms with van der Waals surface area (Å²) in [7, 11) is 0. The Morgan fingerprint density at radius 3 is 2.62 bits per heavy atom. The van der Waals surface area contributed by atoms with Gasteiger partial charge in [0.1, 0.15) is 36.4 Å². The number of aryl methyl sites for hydroxylation is 1. The van der Waals surface area contributed by atoms with Crippen LogP contribution in [0.2, 0.25) is 0 Å². The van der Waals surface area contributed by atoms with Gasteiger partial charge in [0.15, 0.2) is 0 Å². The number of allylic oxidation sites excluding steroid dienone is 2. The van der Waals surface area contributed by atoms with Crippen LogP contribution in [0.5, 0.6) is 11.5 Å². The lowest BCUT2D eigenvalue weighted by Gasteiger charge is -2.47. The number of likely N-dealkylation sites (tertiary alicyclic amines) is 1. The molecule has 0 bridgehead atoms. The molecule has 5 rings (SSSR count). The zero-order valence-electron chi connectivity index (χ0n) is 29.3. The van der Waals surface area contributed by atoms with E-state index >= 15 is 0 Å². The quantitative estimate of drug-likeness (QED) is 0.150. The predicted molar refractivity (Wildman–Crippen MR) is 192 cm³/mol. The van der Waals surface area contributed by atoms with Gasteiger partial charge >= 0.3 is 0 Å². The van der Waals surface area contributed by atoms with E-state index in [1.807, 2.05) is 37.3 Å². The maximum Gasteiger partial charge on any atom is 0.129 e. The molecule has 2 heterocycles. The fourth-order valence-electron chi connectivity index (χ4n) is 6.68. The number of nitrogens with zero attached hydrogens (tertiary/aromatic N) is 3. The molecule has 0 radical (unpaired) electrons. The third-order valence-corrected chi connectivity index (χ3v) is 9.86. The van der Waals surface area contributed by atoms with Crippen LogP contribution in [-0.2, 0) is 17.9 Å². The summed E-state index contributed by atoms with van der Waals surface area (Å²) in [5, 5.41) is 41.8. The SMILES string of the molecule is Cc1cc(OC[C@@]2(OCCCN3CCC(O)C3)C=CC=C(c3ccccc3)C2(C)C)cc(OCc2cncc(C#N)c2)c1CNC(CO)CO. The van der Waals surface area contributed by atoms with Crippen molar-refractivity contribution in [1.82, 2.24) is 15.2 Å². The number of nitriles is 1. The van der Waals surface area contributed by atoms with Crippen LogP contribution >= 0.6 is 0 Å². The Hall–Kier alpha value is -4.08. The zero-order valence-corrected chi connectivity index (χ0v) is 29.3. The van der Waals surface area contributed by atoms with Crippen molar-refractivity contribution in [3.8, 4) is 17.6 Å². The Kier molecular flexibility index (Phi) is 12.8. The molecule has 1 aliphatic carbocycles. The first-order chi connectivity index (χ1) is 24.2. The molecule has 2 atom stereocenters. The molecule has 2 aliphatic rings. The van der Waals surface area contributed by atoms with Crippen molar-refractivity contribution in [3.05, 3.63) is 107 Å². The highest BCUT2D eigenvalue weighted by molar-refractivity contribution is 5.74. The molecule has 1 unspecified atom stereocenters.